The van der Waals surface area contributed by atoms with Gasteiger partial charge in [0, 0.05) is 19.8 Å². The van der Waals surface area contributed by atoms with Crippen molar-refractivity contribution >= 4 is 21.1 Å². The van der Waals surface area contributed by atoms with Gasteiger partial charge in [-0.2, -0.15) is 4.31 Å². The molecule has 0 radical (unpaired) electrons. The Balaban J connectivity index is 1.77. The SMILES string of the molecule is CC(C)c1coc([C@@H]2CCCN2S(=O)(=O)c2cnc3c(c2)c(=O)[nH]c(=O)n3C)n1. The van der Waals surface area contributed by atoms with Crippen molar-refractivity contribution < 1.29 is 12.8 Å². The quantitative estimate of drug-likeness (QED) is 0.673. The Morgan fingerprint density at radius 1 is 1.31 bits per heavy atom. The molecule has 3 aromatic heterocycles. The average molecular weight is 419 g/mol. The summed E-state index contributed by atoms with van der Waals surface area (Å²) in [5.74, 6) is 0.533. The Morgan fingerprint density at radius 3 is 2.76 bits per heavy atom. The van der Waals surface area contributed by atoms with Gasteiger partial charge in [0.25, 0.3) is 5.56 Å². The van der Waals surface area contributed by atoms with Gasteiger partial charge in [-0.1, -0.05) is 13.8 Å². The molecule has 10 nitrogen and oxygen atoms in total. The Labute approximate surface area is 166 Å². The summed E-state index contributed by atoms with van der Waals surface area (Å²) < 4.78 is 34.7. The summed E-state index contributed by atoms with van der Waals surface area (Å²) in [5.41, 5.74) is -0.413. The summed E-state index contributed by atoms with van der Waals surface area (Å²) >= 11 is 0. The fraction of sp³-hybridized carbons (Fsp3) is 0.444. The van der Waals surface area contributed by atoms with Gasteiger partial charge in [-0.3, -0.25) is 14.3 Å². The van der Waals surface area contributed by atoms with Gasteiger partial charge in [-0.15, -0.1) is 0 Å². The highest BCUT2D eigenvalue weighted by Gasteiger charge is 2.39. The number of hydrogen-bond acceptors (Lipinski definition) is 7. The van der Waals surface area contributed by atoms with E-state index in [-0.39, 0.29) is 21.8 Å². The van der Waals surface area contributed by atoms with E-state index in [4.69, 9.17) is 4.42 Å². The van der Waals surface area contributed by atoms with Crippen molar-refractivity contribution in [3.05, 3.63) is 50.9 Å². The lowest BCUT2D eigenvalue weighted by molar-refractivity contribution is 0.329. The zero-order valence-corrected chi connectivity index (χ0v) is 17.1. The van der Waals surface area contributed by atoms with Gasteiger partial charge < -0.3 is 4.42 Å². The second-order valence-corrected chi connectivity index (χ2v) is 9.29. The maximum Gasteiger partial charge on any atom is 0.329 e. The molecule has 0 aliphatic carbocycles. The normalized spacial score (nSPS) is 18.1. The van der Waals surface area contributed by atoms with Crippen LogP contribution in [0.2, 0.25) is 0 Å². The van der Waals surface area contributed by atoms with Crippen LogP contribution >= 0.6 is 0 Å². The van der Waals surface area contributed by atoms with Gasteiger partial charge in [-0.05, 0) is 24.8 Å². The van der Waals surface area contributed by atoms with Crippen molar-refractivity contribution in [1.82, 2.24) is 23.8 Å². The largest absolute Gasteiger partial charge is 0.447 e. The van der Waals surface area contributed by atoms with Crippen LogP contribution < -0.4 is 11.2 Å². The van der Waals surface area contributed by atoms with E-state index in [0.29, 0.717) is 25.3 Å². The third-order valence-electron chi connectivity index (χ3n) is 5.16. The summed E-state index contributed by atoms with van der Waals surface area (Å²) in [6.07, 6.45) is 3.98. The minimum Gasteiger partial charge on any atom is -0.447 e. The van der Waals surface area contributed by atoms with Crippen LogP contribution in [-0.4, -0.2) is 38.8 Å². The van der Waals surface area contributed by atoms with Crippen LogP contribution in [0.15, 0.2) is 37.4 Å². The fourth-order valence-electron chi connectivity index (χ4n) is 3.49. The zero-order valence-electron chi connectivity index (χ0n) is 16.2. The van der Waals surface area contributed by atoms with E-state index in [0.717, 1.165) is 10.3 Å². The molecule has 4 rings (SSSR count). The monoisotopic (exact) mass is 419 g/mol. The van der Waals surface area contributed by atoms with Crippen LogP contribution in [0.5, 0.6) is 0 Å². The maximum atomic E-state index is 13.3. The van der Waals surface area contributed by atoms with Crippen molar-refractivity contribution in [2.75, 3.05) is 6.54 Å². The van der Waals surface area contributed by atoms with Crippen LogP contribution in [0.25, 0.3) is 11.0 Å². The maximum absolute atomic E-state index is 13.3. The molecule has 1 atom stereocenters. The standard InChI is InChI=1S/C18H21N5O5S/c1-10(2)13-9-28-17(20-13)14-5-4-6-23(14)29(26,27)11-7-12-15(19-8-11)22(3)18(25)21-16(12)24/h7-10,14H,4-6H2,1-3H3,(H,21,24,25)/t14-/m0/s1. The van der Waals surface area contributed by atoms with Gasteiger partial charge in [0.2, 0.25) is 15.9 Å². The molecule has 0 bridgehead atoms. The molecule has 29 heavy (non-hydrogen) atoms. The lowest BCUT2D eigenvalue weighted by Crippen LogP contribution is -2.32. The van der Waals surface area contributed by atoms with Gasteiger partial charge in [0.1, 0.15) is 22.8 Å². The van der Waals surface area contributed by atoms with E-state index in [1.807, 2.05) is 13.8 Å². The average Bonchev–Trinajstić information content (AvgIpc) is 3.35. The molecule has 1 N–H and O–H groups in total. The number of H-pyrrole nitrogens is 1. The van der Waals surface area contributed by atoms with Gasteiger partial charge in [0.15, 0.2) is 0 Å². The first-order valence-corrected chi connectivity index (χ1v) is 10.7. The summed E-state index contributed by atoms with van der Waals surface area (Å²) in [7, 11) is -2.50. The molecule has 1 aliphatic heterocycles. The van der Waals surface area contributed by atoms with Gasteiger partial charge in [-0.25, -0.2) is 23.2 Å². The predicted molar refractivity (Wildman–Crippen MR) is 104 cm³/mol. The lowest BCUT2D eigenvalue weighted by Gasteiger charge is -2.21. The highest BCUT2D eigenvalue weighted by atomic mass is 32.2. The van der Waals surface area contributed by atoms with Crippen molar-refractivity contribution in [3.63, 3.8) is 0 Å². The highest BCUT2D eigenvalue weighted by molar-refractivity contribution is 7.89. The molecule has 0 unspecified atom stereocenters. The molecule has 0 aromatic carbocycles. The topological polar surface area (TPSA) is 131 Å². The lowest BCUT2D eigenvalue weighted by atomic mass is 10.1. The molecule has 4 heterocycles. The van der Waals surface area contributed by atoms with Crippen LogP contribution in [-0.2, 0) is 17.1 Å². The van der Waals surface area contributed by atoms with Crippen molar-refractivity contribution in [3.8, 4) is 0 Å². The van der Waals surface area contributed by atoms with E-state index in [1.54, 1.807) is 6.26 Å². The van der Waals surface area contributed by atoms with Crippen molar-refractivity contribution in [2.45, 2.75) is 43.5 Å². The third kappa shape index (κ3) is 3.19. The summed E-state index contributed by atoms with van der Waals surface area (Å²) in [6, 6.07) is 0.738. The minimum absolute atomic E-state index is 0.0298. The molecule has 0 spiro atoms. The first kappa shape index (κ1) is 19.5. The van der Waals surface area contributed by atoms with E-state index in [2.05, 4.69) is 15.0 Å². The summed E-state index contributed by atoms with van der Waals surface area (Å²) in [4.78, 5) is 34.4. The second-order valence-electron chi connectivity index (χ2n) is 7.40. The number of nitrogens with zero attached hydrogens (tertiary/aromatic N) is 4. The molecule has 1 fully saturated rings. The van der Waals surface area contributed by atoms with E-state index < -0.39 is 27.3 Å². The number of nitrogens with one attached hydrogen (secondary N) is 1. The Hall–Kier alpha value is -2.79. The number of sulfonamides is 1. The molecule has 0 saturated carbocycles. The smallest absolute Gasteiger partial charge is 0.329 e. The second kappa shape index (κ2) is 6.92. The van der Waals surface area contributed by atoms with E-state index in [9.17, 15) is 18.0 Å². The summed E-state index contributed by atoms with van der Waals surface area (Å²) in [5, 5.41) is 0.0298. The molecule has 1 aliphatic rings. The molecule has 1 saturated heterocycles. The number of oxazole rings is 1. The van der Waals surface area contributed by atoms with E-state index >= 15 is 0 Å². The Morgan fingerprint density at radius 2 is 2.07 bits per heavy atom. The highest BCUT2D eigenvalue weighted by Crippen LogP contribution is 2.36. The number of aromatic amines is 1. The van der Waals surface area contributed by atoms with Crippen molar-refractivity contribution in [2.24, 2.45) is 7.05 Å². The third-order valence-corrected chi connectivity index (χ3v) is 7.03. The van der Waals surface area contributed by atoms with Gasteiger partial charge in [0.05, 0.1) is 11.1 Å². The number of pyridine rings is 1. The molecule has 154 valence electrons. The molecule has 11 heteroatoms. The Bertz CT molecular complexity index is 1300. The molecular weight excluding hydrogens is 398 g/mol. The first-order valence-electron chi connectivity index (χ1n) is 9.26. The molecule has 3 aromatic rings. The van der Waals surface area contributed by atoms with Crippen LogP contribution in [0.1, 0.15) is 50.2 Å². The van der Waals surface area contributed by atoms with Crippen LogP contribution in [0.4, 0.5) is 0 Å². The van der Waals surface area contributed by atoms with Gasteiger partial charge >= 0.3 is 5.69 Å². The number of hydrogen-bond donors (Lipinski definition) is 1. The number of aromatic nitrogens is 4. The van der Waals surface area contributed by atoms with Crippen LogP contribution in [0.3, 0.4) is 0 Å². The molecule has 0 amide bonds. The molecular formula is C18H21N5O5S. The predicted octanol–water partition coefficient (Wildman–Crippen LogP) is 1.26. The first-order chi connectivity index (χ1) is 13.7. The Kier molecular flexibility index (Phi) is 4.66. The summed E-state index contributed by atoms with van der Waals surface area (Å²) in [6.45, 7) is 4.28. The van der Waals surface area contributed by atoms with E-state index in [1.165, 1.54) is 23.6 Å². The van der Waals surface area contributed by atoms with Crippen molar-refractivity contribution in [1.29, 1.82) is 0 Å². The fourth-order valence-corrected chi connectivity index (χ4v) is 5.11. The minimum atomic E-state index is -3.95. The zero-order chi connectivity index (χ0) is 20.9. The number of rotatable bonds is 4. The number of fused-ring (bicyclic) bond motifs is 1. The van der Waals surface area contributed by atoms with Crippen LogP contribution in [0, 0.1) is 0 Å². The number of aryl methyl sites for hydroxylation is 1.